The fourth-order valence-corrected chi connectivity index (χ4v) is 4.53. The Kier molecular flexibility index (Phi) is 7.32. The lowest BCUT2D eigenvalue weighted by Gasteiger charge is -2.13. The summed E-state index contributed by atoms with van der Waals surface area (Å²) < 4.78 is 5.38. The van der Waals surface area contributed by atoms with Crippen LogP contribution in [-0.4, -0.2) is 42.4 Å². The minimum absolute atomic E-state index is 0.0758. The maximum atomic E-state index is 9.89. The molecule has 3 rings (SSSR count). The summed E-state index contributed by atoms with van der Waals surface area (Å²) in [5.41, 5.74) is 8.50. The first-order chi connectivity index (χ1) is 15.0. The van der Waals surface area contributed by atoms with Crippen LogP contribution in [0.4, 0.5) is 10.9 Å². The van der Waals surface area contributed by atoms with Crippen molar-refractivity contribution in [3.8, 4) is 29.0 Å². The highest BCUT2D eigenvalue weighted by molar-refractivity contribution is 7.98. The van der Waals surface area contributed by atoms with Gasteiger partial charge in [-0.3, -0.25) is 0 Å². The maximum absolute atomic E-state index is 9.89. The average molecular weight is 453 g/mol. The van der Waals surface area contributed by atoms with E-state index in [4.69, 9.17) is 15.6 Å². The van der Waals surface area contributed by atoms with Crippen LogP contribution in [-0.2, 0) is 5.75 Å². The van der Waals surface area contributed by atoms with Crippen LogP contribution in [0.15, 0.2) is 34.7 Å². The summed E-state index contributed by atoms with van der Waals surface area (Å²) in [5, 5.41) is 31.7. The zero-order chi connectivity index (χ0) is 22.4. The Balaban J connectivity index is 1.97. The number of aliphatic hydroxyl groups excluding tert-OH is 1. The van der Waals surface area contributed by atoms with Crippen LogP contribution >= 0.6 is 23.1 Å². The molecule has 1 aromatic carbocycles. The molecule has 0 spiro atoms. The van der Waals surface area contributed by atoms with Crippen LogP contribution < -0.4 is 15.4 Å². The summed E-state index contributed by atoms with van der Waals surface area (Å²) in [5.74, 6) is 1.17. The first-order valence-corrected chi connectivity index (χ1v) is 11.1. The number of thiazole rings is 1. The highest BCUT2D eigenvalue weighted by Gasteiger charge is 2.21. The smallest absolute Gasteiger partial charge is 0.185 e. The van der Waals surface area contributed by atoms with Crippen molar-refractivity contribution >= 4 is 34.0 Å². The van der Waals surface area contributed by atoms with Crippen molar-refractivity contribution in [2.24, 2.45) is 0 Å². The second kappa shape index (κ2) is 10.1. The van der Waals surface area contributed by atoms with Gasteiger partial charge in [0.2, 0.25) is 0 Å². The molecular weight excluding hydrogens is 432 g/mol. The monoisotopic (exact) mass is 452 g/mol. The van der Waals surface area contributed by atoms with Gasteiger partial charge in [-0.2, -0.15) is 10.5 Å². The number of pyridine rings is 1. The normalized spacial score (nSPS) is 10.4. The van der Waals surface area contributed by atoms with E-state index in [2.05, 4.69) is 22.1 Å². The largest absolute Gasteiger partial charge is 0.491 e. The van der Waals surface area contributed by atoms with Crippen molar-refractivity contribution in [3.05, 3.63) is 46.5 Å². The van der Waals surface area contributed by atoms with Crippen molar-refractivity contribution in [2.45, 2.75) is 10.8 Å². The minimum Gasteiger partial charge on any atom is -0.491 e. The predicted octanol–water partition coefficient (Wildman–Crippen LogP) is 3.26. The maximum Gasteiger partial charge on any atom is 0.185 e. The highest BCUT2D eigenvalue weighted by atomic mass is 32.2. The number of nitriles is 2. The molecule has 0 amide bonds. The summed E-state index contributed by atoms with van der Waals surface area (Å²) in [6.07, 6.45) is 0. The number of benzene rings is 1. The molecule has 158 valence electrons. The molecule has 0 aliphatic heterocycles. The number of thioether (sulfide) groups is 1. The van der Waals surface area contributed by atoms with Crippen LogP contribution in [0.5, 0.6) is 5.75 Å². The lowest BCUT2D eigenvalue weighted by molar-refractivity contribution is 0.201. The summed E-state index contributed by atoms with van der Waals surface area (Å²) >= 11 is 2.90. The van der Waals surface area contributed by atoms with Crippen molar-refractivity contribution in [1.82, 2.24) is 9.97 Å². The second-order valence-corrected chi connectivity index (χ2v) is 8.35. The van der Waals surface area contributed by atoms with E-state index in [1.165, 1.54) is 23.1 Å². The molecule has 2 heterocycles. The molecule has 0 aliphatic rings. The van der Waals surface area contributed by atoms with Gasteiger partial charge in [-0.05, 0) is 17.7 Å². The molecule has 0 saturated carbocycles. The summed E-state index contributed by atoms with van der Waals surface area (Å²) in [6.45, 7) is 0.0940. The highest BCUT2D eigenvalue weighted by Crippen LogP contribution is 2.37. The van der Waals surface area contributed by atoms with Crippen molar-refractivity contribution in [2.75, 3.05) is 37.9 Å². The fraction of sp³-hybridized carbons (Fsp3) is 0.238. The lowest BCUT2D eigenvalue weighted by Crippen LogP contribution is -2.08. The van der Waals surface area contributed by atoms with Gasteiger partial charge in [-0.1, -0.05) is 23.9 Å². The van der Waals surface area contributed by atoms with Gasteiger partial charge in [0, 0.05) is 30.8 Å². The van der Waals surface area contributed by atoms with E-state index in [0.717, 1.165) is 10.8 Å². The van der Waals surface area contributed by atoms with Gasteiger partial charge in [0.05, 0.1) is 17.9 Å². The number of ether oxygens (including phenoxy) is 1. The Hall–Kier alpha value is -3.31. The Morgan fingerprint density at radius 2 is 1.87 bits per heavy atom. The van der Waals surface area contributed by atoms with E-state index >= 15 is 0 Å². The van der Waals surface area contributed by atoms with Gasteiger partial charge in [0.15, 0.2) is 5.13 Å². The minimum atomic E-state index is -0.0879. The Morgan fingerprint density at radius 1 is 1.16 bits per heavy atom. The quantitative estimate of drug-likeness (QED) is 0.494. The van der Waals surface area contributed by atoms with Gasteiger partial charge in [0.25, 0.3) is 0 Å². The number of aromatic nitrogens is 2. The van der Waals surface area contributed by atoms with Crippen molar-refractivity contribution < 1.29 is 9.84 Å². The van der Waals surface area contributed by atoms with Crippen LogP contribution in [0, 0.1) is 22.7 Å². The van der Waals surface area contributed by atoms with E-state index < -0.39 is 0 Å². The first-order valence-electron chi connectivity index (χ1n) is 9.20. The molecule has 3 aromatic rings. The molecule has 8 nitrogen and oxygen atoms in total. The summed E-state index contributed by atoms with van der Waals surface area (Å²) in [6, 6.07) is 11.2. The molecule has 0 radical (unpaired) electrons. The third-order valence-corrected chi connectivity index (χ3v) is 6.26. The number of aliphatic hydroxyl groups is 1. The zero-order valence-electron chi connectivity index (χ0n) is 17.0. The lowest BCUT2D eigenvalue weighted by atomic mass is 9.97. The first kappa shape index (κ1) is 22.4. The Labute approximate surface area is 188 Å². The number of nitrogens with two attached hydrogens (primary N) is 1. The SMILES string of the molecule is CN(C)c1nc(CSc2nc(N)c(C#N)c(-c3ccc(OCCO)cc3)c2C#N)cs1. The molecule has 31 heavy (non-hydrogen) atoms. The van der Waals surface area contributed by atoms with Crippen LogP contribution in [0.25, 0.3) is 11.1 Å². The number of anilines is 2. The Morgan fingerprint density at radius 3 is 2.45 bits per heavy atom. The van der Waals surface area contributed by atoms with Crippen LogP contribution in [0.3, 0.4) is 0 Å². The van der Waals surface area contributed by atoms with Crippen molar-refractivity contribution in [3.63, 3.8) is 0 Å². The van der Waals surface area contributed by atoms with E-state index in [0.29, 0.717) is 33.2 Å². The molecule has 0 saturated heterocycles. The molecule has 0 fully saturated rings. The predicted molar refractivity (Wildman–Crippen MR) is 122 cm³/mol. The second-order valence-electron chi connectivity index (χ2n) is 6.55. The van der Waals surface area contributed by atoms with Gasteiger partial charge >= 0.3 is 0 Å². The third-order valence-electron chi connectivity index (χ3n) is 4.20. The standard InChI is InChI=1S/C21H20N6O2S2/c1-27(2)21-25-14(12-31-21)11-30-20-17(10-23)18(16(9-22)19(24)26-20)13-3-5-15(6-4-13)29-8-7-28/h3-6,12,28H,7-8,11H2,1-2H3,(H2,24,26). The fourth-order valence-electron chi connectivity index (χ4n) is 2.78. The number of nitrogens with zero attached hydrogens (tertiary/aromatic N) is 5. The molecule has 3 N–H and O–H groups in total. The topological polar surface area (TPSA) is 132 Å². The van der Waals surface area contributed by atoms with E-state index in [9.17, 15) is 10.5 Å². The molecule has 0 unspecified atom stereocenters. The number of rotatable bonds is 8. The summed E-state index contributed by atoms with van der Waals surface area (Å²) in [7, 11) is 3.86. The molecule has 2 aromatic heterocycles. The number of hydrogen-bond acceptors (Lipinski definition) is 10. The van der Waals surface area contributed by atoms with Gasteiger partial charge < -0.3 is 20.5 Å². The van der Waals surface area contributed by atoms with Crippen molar-refractivity contribution in [1.29, 1.82) is 10.5 Å². The molecular formula is C21H20N6O2S2. The van der Waals surface area contributed by atoms with E-state index in [-0.39, 0.29) is 24.6 Å². The van der Waals surface area contributed by atoms with E-state index in [1.54, 1.807) is 24.3 Å². The molecule has 10 heteroatoms. The molecule has 0 bridgehead atoms. The van der Waals surface area contributed by atoms with Crippen LogP contribution in [0.1, 0.15) is 16.8 Å². The molecule has 0 aliphatic carbocycles. The number of nitrogen functional groups attached to an aromatic ring is 1. The summed E-state index contributed by atoms with van der Waals surface area (Å²) in [4.78, 5) is 10.8. The number of hydrogen-bond donors (Lipinski definition) is 2. The van der Waals surface area contributed by atoms with E-state index in [1.807, 2.05) is 24.4 Å². The van der Waals surface area contributed by atoms with Gasteiger partial charge in [-0.25, -0.2) is 9.97 Å². The zero-order valence-corrected chi connectivity index (χ0v) is 18.6. The Bertz CT molecular complexity index is 1150. The third kappa shape index (κ3) is 5.06. The average Bonchev–Trinajstić information content (AvgIpc) is 3.25. The molecule has 0 atom stereocenters. The van der Waals surface area contributed by atoms with Gasteiger partial charge in [-0.15, -0.1) is 11.3 Å². The van der Waals surface area contributed by atoms with Gasteiger partial charge in [0.1, 0.15) is 40.9 Å². The van der Waals surface area contributed by atoms with Crippen LogP contribution in [0.2, 0.25) is 0 Å².